The molecule has 0 unspecified atom stereocenters. The molecule has 0 spiro atoms. The molecule has 0 N–H and O–H groups in total. The maximum absolute atomic E-state index is 12.6. The Bertz CT molecular complexity index is 950. The maximum atomic E-state index is 12.6. The molecule has 8 fully saturated rings. The molecular formula is C32H46O10. The van der Waals surface area contributed by atoms with Crippen LogP contribution in [-0.4, -0.2) is 46.3 Å². The molecule has 8 saturated carbocycles. The molecule has 234 valence electrons. The second-order valence-electron chi connectivity index (χ2n) is 15.9. The topological polar surface area (TPSA) is 124 Å². The quantitative estimate of drug-likeness (QED) is 0.151. The van der Waals surface area contributed by atoms with E-state index in [-0.39, 0.29) is 0 Å². The number of esters is 2. The molecule has 0 atom stereocenters. The van der Waals surface area contributed by atoms with Crippen molar-refractivity contribution in [1.29, 1.82) is 0 Å². The van der Waals surface area contributed by atoms with Crippen LogP contribution < -0.4 is 0 Å². The standard InChI is InChI=1S/C32H46O10/c1-29(2,41-39-27(35)25(33)37-31-13-19-7-20(14-31)9-21(8-19)15-31)5-6-30(3,4)42-40-28(36)26(34)38-32-16-22-10-23(17-32)12-24(11-22)18-32/h19-24H,5-18H2,1-4H3. The highest BCUT2D eigenvalue weighted by molar-refractivity contribution is 6.30. The molecule has 10 heteroatoms. The van der Waals surface area contributed by atoms with Crippen molar-refractivity contribution in [2.24, 2.45) is 35.5 Å². The van der Waals surface area contributed by atoms with Crippen molar-refractivity contribution < 1.29 is 48.2 Å². The molecule has 8 rings (SSSR count). The molecular weight excluding hydrogens is 544 g/mol. The fraction of sp³-hybridized carbons (Fsp3) is 0.875. The normalized spacial score (nSPS) is 37.8. The number of ether oxygens (including phenoxy) is 2. The Labute approximate surface area is 247 Å². The molecule has 0 radical (unpaired) electrons. The zero-order valence-electron chi connectivity index (χ0n) is 25.4. The van der Waals surface area contributed by atoms with E-state index in [1.165, 1.54) is 38.5 Å². The van der Waals surface area contributed by atoms with Crippen molar-refractivity contribution in [1.82, 2.24) is 0 Å². The lowest BCUT2D eigenvalue weighted by atomic mass is 9.54. The number of carbonyl (C=O) groups is 4. The van der Waals surface area contributed by atoms with Crippen LogP contribution in [0, 0.1) is 35.5 Å². The Morgan fingerprint density at radius 3 is 1.02 bits per heavy atom. The van der Waals surface area contributed by atoms with Crippen LogP contribution >= 0.6 is 0 Å². The van der Waals surface area contributed by atoms with Gasteiger partial charge < -0.3 is 9.47 Å². The number of hydrogen-bond donors (Lipinski definition) is 0. The summed E-state index contributed by atoms with van der Waals surface area (Å²) in [5, 5.41) is 0. The van der Waals surface area contributed by atoms with Crippen LogP contribution in [0.2, 0.25) is 0 Å². The van der Waals surface area contributed by atoms with Crippen LogP contribution in [0.3, 0.4) is 0 Å². The van der Waals surface area contributed by atoms with E-state index in [0.29, 0.717) is 48.3 Å². The van der Waals surface area contributed by atoms with E-state index in [1.54, 1.807) is 27.7 Å². The van der Waals surface area contributed by atoms with Crippen molar-refractivity contribution >= 4 is 23.9 Å². The highest BCUT2D eigenvalue weighted by atomic mass is 17.2. The highest BCUT2D eigenvalue weighted by Crippen LogP contribution is 2.58. The Morgan fingerprint density at radius 1 is 0.500 bits per heavy atom. The van der Waals surface area contributed by atoms with Gasteiger partial charge in [0.15, 0.2) is 0 Å². The van der Waals surface area contributed by atoms with Crippen LogP contribution in [0.25, 0.3) is 0 Å². The fourth-order valence-electron chi connectivity index (χ4n) is 9.84. The van der Waals surface area contributed by atoms with Gasteiger partial charge in [-0.3, -0.25) is 9.78 Å². The second-order valence-corrected chi connectivity index (χ2v) is 15.9. The zero-order chi connectivity index (χ0) is 29.9. The molecule has 0 aromatic heterocycles. The number of hydrogen-bond acceptors (Lipinski definition) is 10. The lowest BCUT2D eigenvalue weighted by molar-refractivity contribution is -0.340. The van der Waals surface area contributed by atoms with Gasteiger partial charge in [0, 0.05) is 0 Å². The largest absolute Gasteiger partial charge is 0.451 e. The van der Waals surface area contributed by atoms with Gasteiger partial charge in [-0.05, 0) is 153 Å². The van der Waals surface area contributed by atoms with Crippen molar-refractivity contribution in [2.45, 2.75) is 140 Å². The molecule has 10 nitrogen and oxygen atoms in total. The number of carbonyl (C=O) groups excluding carboxylic acids is 4. The Balaban J connectivity index is 0.911. The van der Waals surface area contributed by atoms with E-state index in [0.717, 1.165) is 38.5 Å². The van der Waals surface area contributed by atoms with E-state index < -0.39 is 46.3 Å². The molecule has 42 heavy (non-hydrogen) atoms. The summed E-state index contributed by atoms with van der Waals surface area (Å²) in [6.45, 7) is 6.82. The SMILES string of the molecule is CC(C)(CCC(C)(C)OOC(=O)C(=O)OC12CC3CC(CC(C3)C1)C2)OOC(=O)C(=O)OC12CC3CC(CC(C3)C1)C2. The lowest BCUT2D eigenvalue weighted by Crippen LogP contribution is -2.53. The molecule has 0 heterocycles. The summed E-state index contributed by atoms with van der Waals surface area (Å²) in [6, 6.07) is 0. The average molecular weight is 591 g/mol. The monoisotopic (exact) mass is 590 g/mol. The molecule has 8 aliphatic carbocycles. The summed E-state index contributed by atoms with van der Waals surface area (Å²) >= 11 is 0. The minimum absolute atomic E-state index is 0.326. The van der Waals surface area contributed by atoms with Gasteiger partial charge in [0.25, 0.3) is 0 Å². The molecule has 8 bridgehead atoms. The Kier molecular flexibility index (Phi) is 7.64. The first-order valence-electron chi connectivity index (χ1n) is 16.0. The van der Waals surface area contributed by atoms with Gasteiger partial charge in [0.1, 0.15) is 22.4 Å². The average Bonchev–Trinajstić information content (AvgIpc) is 2.87. The summed E-state index contributed by atoms with van der Waals surface area (Å²) in [7, 11) is 0. The summed E-state index contributed by atoms with van der Waals surface area (Å²) in [5.41, 5.74) is -3.03. The van der Waals surface area contributed by atoms with E-state index in [1.807, 2.05) is 0 Å². The minimum Gasteiger partial charge on any atom is -0.451 e. The smallest absolute Gasteiger partial charge is 0.449 e. The molecule has 0 amide bonds. The van der Waals surface area contributed by atoms with Crippen molar-refractivity contribution in [3.05, 3.63) is 0 Å². The summed E-state index contributed by atoms with van der Waals surface area (Å²) < 4.78 is 11.5. The Hall–Kier alpha value is -2.20. The predicted molar refractivity (Wildman–Crippen MR) is 146 cm³/mol. The van der Waals surface area contributed by atoms with Crippen LogP contribution in [0.1, 0.15) is 118 Å². The van der Waals surface area contributed by atoms with Crippen LogP contribution in [0.15, 0.2) is 0 Å². The molecule has 0 aliphatic heterocycles. The first-order chi connectivity index (χ1) is 19.7. The van der Waals surface area contributed by atoms with Crippen LogP contribution in [0.4, 0.5) is 0 Å². The van der Waals surface area contributed by atoms with Crippen molar-refractivity contribution in [3.8, 4) is 0 Å². The van der Waals surface area contributed by atoms with Crippen molar-refractivity contribution in [2.75, 3.05) is 0 Å². The summed E-state index contributed by atoms with van der Waals surface area (Å²) in [6.07, 6.45) is 12.8. The van der Waals surface area contributed by atoms with Gasteiger partial charge in [-0.25, -0.2) is 19.2 Å². The van der Waals surface area contributed by atoms with Crippen LogP contribution in [-0.2, 0) is 48.2 Å². The van der Waals surface area contributed by atoms with Gasteiger partial charge >= 0.3 is 23.9 Å². The third kappa shape index (κ3) is 6.49. The summed E-state index contributed by atoms with van der Waals surface area (Å²) in [5.74, 6) is -0.894. The predicted octanol–water partition coefficient (Wildman–Crippen LogP) is 5.30. The van der Waals surface area contributed by atoms with E-state index in [9.17, 15) is 19.2 Å². The van der Waals surface area contributed by atoms with Gasteiger partial charge in [0.2, 0.25) is 0 Å². The van der Waals surface area contributed by atoms with E-state index in [2.05, 4.69) is 0 Å². The minimum atomic E-state index is -1.17. The second kappa shape index (κ2) is 10.8. The lowest BCUT2D eigenvalue weighted by Gasteiger charge is -2.55. The number of rotatable bonds is 9. The van der Waals surface area contributed by atoms with Gasteiger partial charge in [-0.2, -0.15) is 9.78 Å². The first kappa shape index (κ1) is 29.9. The van der Waals surface area contributed by atoms with Crippen molar-refractivity contribution in [3.63, 3.8) is 0 Å². The molecule has 0 aromatic rings. The van der Waals surface area contributed by atoms with E-state index in [4.69, 9.17) is 29.0 Å². The Morgan fingerprint density at radius 2 is 0.762 bits per heavy atom. The first-order valence-corrected chi connectivity index (χ1v) is 16.0. The fourth-order valence-corrected chi connectivity index (χ4v) is 9.84. The van der Waals surface area contributed by atoms with Gasteiger partial charge in [0.05, 0.1) is 0 Å². The maximum Gasteiger partial charge on any atom is 0.449 e. The third-order valence-corrected chi connectivity index (χ3v) is 10.9. The van der Waals surface area contributed by atoms with Crippen LogP contribution in [0.5, 0.6) is 0 Å². The summed E-state index contributed by atoms with van der Waals surface area (Å²) in [4.78, 5) is 70.5. The molecule has 0 aromatic carbocycles. The molecule has 0 saturated heterocycles. The van der Waals surface area contributed by atoms with Gasteiger partial charge in [-0.1, -0.05) is 0 Å². The highest BCUT2D eigenvalue weighted by Gasteiger charge is 2.55. The zero-order valence-corrected chi connectivity index (χ0v) is 25.4. The van der Waals surface area contributed by atoms with E-state index >= 15 is 0 Å². The molecule has 8 aliphatic rings. The third-order valence-electron chi connectivity index (χ3n) is 10.9. The van der Waals surface area contributed by atoms with Gasteiger partial charge in [-0.15, -0.1) is 0 Å².